The first-order valence-corrected chi connectivity index (χ1v) is 15.9. The molecule has 0 atom stereocenters. The van der Waals surface area contributed by atoms with Crippen molar-refractivity contribution in [2.45, 2.75) is 39.3 Å². The summed E-state index contributed by atoms with van der Waals surface area (Å²) in [7, 11) is 0. The molecule has 44 heavy (non-hydrogen) atoms. The van der Waals surface area contributed by atoms with Gasteiger partial charge in [-0.15, -0.1) is 0 Å². The Morgan fingerprint density at radius 2 is 0.500 bits per heavy atom. The van der Waals surface area contributed by atoms with Gasteiger partial charge >= 0.3 is 0 Å². The van der Waals surface area contributed by atoms with Gasteiger partial charge in [-0.25, -0.2) is 0 Å². The monoisotopic (exact) mass is 604 g/mol. The van der Waals surface area contributed by atoms with E-state index in [0.717, 1.165) is 113 Å². The summed E-state index contributed by atoms with van der Waals surface area (Å²) in [5.41, 5.74) is 5.73. The third kappa shape index (κ3) is 11.8. The fourth-order valence-corrected chi connectivity index (χ4v) is 5.12. The summed E-state index contributed by atoms with van der Waals surface area (Å²) in [5, 5.41) is 47.9. The van der Waals surface area contributed by atoms with Crippen LogP contribution in [0.5, 0.6) is 0 Å². The van der Waals surface area contributed by atoms with Crippen molar-refractivity contribution in [2.75, 3.05) is 78.5 Å². The maximum absolute atomic E-state index is 4.45. The van der Waals surface area contributed by atoms with Gasteiger partial charge in [0, 0.05) is 118 Å². The third-order valence-corrected chi connectivity index (χ3v) is 7.79. The van der Waals surface area contributed by atoms with Crippen molar-refractivity contribution in [3.8, 4) is 0 Å². The molecule has 14 nitrogen and oxygen atoms in total. The fourth-order valence-electron chi connectivity index (χ4n) is 5.12. The number of hydrogen-bond donors (Lipinski definition) is 6. The molecule has 0 aliphatic carbocycles. The van der Waals surface area contributed by atoms with Gasteiger partial charge < -0.3 is 31.9 Å². The van der Waals surface area contributed by atoms with E-state index in [1.165, 1.54) is 0 Å². The van der Waals surface area contributed by atoms with Crippen LogP contribution < -0.4 is 31.9 Å². The quantitative estimate of drug-likeness (QED) is 0.179. The lowest BCUT2D eigenvalue weighted by atomic mass is 10.3. The lowest BCUT2D eigenvalue weighted by Crippen LogP contribution is -2.40. The summed E-state index contributed by atoms with van der Waals surface area (Å²) in [5.74, 6) is 0. The number of hydrogen-bond acceptors (Lipinski definition) is 14. The van der Waals surface area contributed by atoms with Crippen molar-refractivity contribution in [1.29, 1.82) is 0 Å². The Bertz CT molecular complexity index is 948. The predicted molar refractivity (Wildman–Crippen MR) is 169 cm³/mol. The zero-order chi connectivity index (χ0) is 30.1. The molecule has 0 spiro atoms. The van der Waals surface area contributed by atoms with Crippen LogP contribution in [-0.2, 0) is 39.3 Å². The van der Waals surface area contributed by atoms with Crippen molar-refractivity contribution in [1.82, 2.24) is 72.3 Å². The number of rotatable bonds is 0. The average molecular weight is 605 g/mol. The van der Waals surface area contributed by atoms with Gasteiger partial charge in [0.25, 0.3) is 0 Å². The standard InChI is InChI=1S/C30H48N14/c1-2-26-20-32-8-14-44-17-11-35-23-29-5-3-27(39-41-29)21-33-9-15-43(13-7-31-19-25(1)37-38-26)16-10-34-22-28-4-6-30(42-40-28)24-36-12-18-44/h1-6,31-36H,7-24H2. The van der Waals surface area contributed by atoms with Gasteiger partial charge in [0.05, 0.1) is 34.2 Å². The number of aromatic nitrogens is 6. The summed E-state index contributed by atoms with van der Waals surface area (Å²) in [6.07, 6.45) is 0. The van der Waals surface area contributed by atoms with Crippen LogP contribution in [0.3, 0.4) is 0 Å². The molecule has 0 amide bonds. The van der Waals surface area contributed by atoms with E-state index in [9.17, 15) is 0 Å². The molecule has 8 bridgehead atoms. The Balaban J connectivity index is 1.27. The highest BCUT2D eigenvalue weighted by molar-refractivity contribution is 5.08. The van der Waals surface area contributed by atoms with Crippen LogP contribution in [0, 0.1) is 0 Å². The third-order valence-electron chi connectivity index (χ3n) is 7.79. The van der Waals surface area contributed by atoms with E-state index in [1.807, 2.05) is 0 Å². The largest absolute Gasteiger partial charge is 0.310 e. The summed E-state index contributed by atoms with van der Waals surface area (Å²) in [4.78, 5) is 4.92. The smallest absolute Gasteiger partial charge is 0.0769 e. The van der Waals surface area contributed by atoms with Gasteiger partial charge in [0.15, 0.2) is 0 Å². The maximum Gasteiger partial charge on any atom is 0.0769 e. The first kappa shape index (κ1) is 32.3. The zero-order valence-corrected chi connectivity index (χ0v) is 25.8. The highest BCUT2D eigenvalue weighted by Gasteiger charge is 2.09. The molecular weight excluding hydrogens is 556 g/mol. The van der Waals surface area contributed by atoms with Crippen molar-refractivity contribution >= 4 is 0 Å². The summed E-state index contributed by atoms with van der Waals surface area (Å²) < 4.78 is 0. The van der Waals surface area contributed by atoms with Crippen LogP contribution in [0.2, 0.25) is 0 Å². The van der Waals surface area contributed by atoms with Crippen LogP contribution in [0.1, 0.15) is 34.2 Å². The van der Waals surface area contributed by atoms with Gasteiger partial charge in [-0.3, -0.25) is 9.80 Å². The lowest BCUT2D eigenvalue weighted by molar-refractivity contribution is 0.270. The van der Waals surface area contributed by atoms with E-state index < -0.39 is 0 Å². The predicted octanol–water partition coefficient (Wildman–Crippen LogP) is -1.37. The van der Waals surface area contributed by atoms with E-state index in [4.69, 9.17) is 0 Å². The Morgan fingerprint density at radius 1 is 0.318 bits per heavy atom. The highest BCUT2D eigenvalue weighted by atomic mass is 15.2. The minimum absolute atomic E-state index is 0.700. The summed E-state index contributed by atoms with van der Waals surface area (Å²) in [6, 6.07) is 12.4. The number of nitrogens with one attached hydrogen (secondary N) is 6. The van der Waals surface area contributed by atoms with Gasteiger partial charge in [-0.05, 0) is 36.4 Å². The van der Waals surface area contributed by atoms with Crippen molar-refractivity contribution in [3.63, 3.8) is 0 Å². The van der Waals surface area contributed by atoms with Crippen LogP contribution >= 0.6 is 0 Å². The Morgan fingerprint density at radius 3 is 0.659 bits per heavy atom. The molecule has 238 valence electrons. The second kappa shape index (κ2) is 18.7. The molecule has 0 saturated carbocycles. The van der Waals surface area contributed by atoms with Crippen LogP contribution in [0.4, 0.5) is 0 Å². The Kier molecular flexibility index (Phi) is 13.7. The Hall–Kier alpha value is -3.08. The normalized spacial score (nSPS) is 22.6. The molecule has 6 N–H and O–H groups in total. The van der Waals surface area contributed by atoms with Gasteiger partial charge in [-0.2, -0.15) is 30.6 Å². The van der Waals surface area contributed by atoms with Crippen LogP contribution in [0.15, 0.2) is 36.4 Å². The molecule has 3 aromatic rings. The second-order valence-corrected chi connectivity index (χ2v) is 11.3. The minimum atomic E-state index is 0.700. The molecule has 0 unspecified atom stereocenters. The molecule has 15 rings (SSSR count). The summed E-state index contributed by atoms with van der Waals surface area (Å²) >= 11 is 0. The molecule has 12 aliphatic rings. The second-order valence-electron chi connectivity index (χ2n) is 11.3. The van der Waals surface area contributed by atoms with Gasteiger partial charge in [0.1, 0.15) is 0 Å². The molecule has 0 aromatic carbocycles. The van der Waals surface area contributed by atoms with Crippen molar-refractivity contribution in [3.05, 3.63) is 70.6 Å². The molecule has 0 saturated heterocycles. The van der Waals surface area contributed by atoms with Crippen LogP contribution in [0.25, 0.3) is 0 Å². The van der Waals surface area contributed by atoms with Gasteiger partial charge in [0.2, 0.25) is 0 Å². The fraction of sp³-hybridized carbons (Fsp3) is 0.600. The molecule has 3 aromatic heterocycles. The van der Waals surface area contributed by atoms with E-state index >= 15 is 0 Å². The first-order chi connectivity index (χ1) is 21.8. The Labute approximate surface area is 260 Å². The molecule has 0 fully saturated rings. The van der Waals surface area contributed by atoms with Gasteiger partial charge in [-0.1, -0.05) is 0 Å². The van der Waals surface area contributed by atoms with Crippen molar-refractivity contribution < 1.29 is 0 Å². The van der Waals surface area contributed by atoms with Crippen molar-refractivity contribution in [2.24, 2.45) is 0 Å². The molecular formula is C30H48N14. The summed E-state index contributed by atoms with van der Waals surface area (Å²) in [6.45, 7) is 15.0. The molecule has 12 aliphatic heterocycles. The van der Waals surface area contributed by atoms with Crippen LogP contribution in [-0.4, -0.2) is 119 Å². The number of nitrogens with zero attached hydrogens (tertiary/aromatic N) is 8. The van der Waals surface area contributed by atoms with E-state index in [0.29, 0.717) is 39.3 Å². The van der Waals surface area contributed by atoms with E-state index in [-0.39, 0.29) is 0 Å². The SMILES string of the molecule is c1cc2nnc1CNCCN1CCNCc3ccc(nn3)CNCCN(CCNC2)CCNCc2ccc(nn2)CNCC1. The lowest BCUT2D eigenvalue weighted by Gasteiger charge is -2.23. The van der Waals surface area contributed by atoms with E-state index in [1.54, 1.807) is 0 Å². The topological polar surface area (TPSA) is 156 Å². The zero-order valence-electron chi connectivity index (χ0n) is 25.8. The minimum Gasteiger partial charge on any atom is -0.310 e. The highest BCUT2D eigenvalue weighted by Crippen LogP contribution is 2.00. The molecule has 0 radical (unpaired) electrons. The van der Waals surface area contributed by atoms with E-state index in [2.05, 4.69) is 109 Å². The maximum atomic E-state index is 4.45. The molecule has 15 heterocycles. The average Bonchev–Trinajstić information content (AvgIpc) is 3.05. The molecule has 14 heteroatoms. The first-order valence-electron chi connectivity index (χ1n) is 15.9.